The number of methoxy groups -OCH3 is 1. The van der Waals surface area contributed by atoms with Crippen LogP contribution < -0.4 is 4.74 Å². The van der Waals surface area contributed by atoms with Crippen molar-refractivity contribution in [1.82, 2.24) is 4.98 Å². The number of benzene rings is 1. The number of hydrogen-bond donors (Lipinski definition) is 1. The van der Waals surface area contributed by atoms with E-state index in [1.165, 1.54) is 31.5 Å². The second-order valence-electron chi connectivity index (χ2n) is 3.64. The molecule has 0 radical (unpaired) electrons. The number of nitrogens with zero attached hydrogens (tertiary/aromatic N) is 1. The summed E-state index contributed by atoms with van der Waals surface area (Å²) in [5.41, 5.74) is -0.234. The fourth-order valence-corrected chi connectivity index (χ4v) is 1.97. The molecule has 0 aliphatic rings. The molecule has 19 heavy (non-hydrogen) atoms. The lowest BCUT2D eigenvalue weighted by atomic mass is 10.0. The van der Waals surface area contributed by atoms with Crippen molar-refractivity contribution < 1.29 is 19.0 Å². The minimum atomic E-state index is -1.28. The first kappa shape index (κ1) is 13.3. The lowest BCUT2D eigenvalue weighted by molar-refractivity contribution is 0.0691. The Balaban J connectivity index is 2.75. The molecule has 0 saturated carbocycles. The van der Waals surface area contributed by atoms with Crippen LogP contribution in [0.5, 0.6) is 5.75 Å². The van der Waals surface area contributed by atoms with Crippen LogP contribution in [0.15, 0.2) is 30.5 Å². The van der Waals surface area contributed by atoms with Crippen molar-refractivity contribution in [2.45, 2.75) is 0 Å². The van der Waals surface area contributed by atoms with Crippen molar-refractivity contribution in [3.63, 3.8) is 0 Å². The van der Waals surface area contributed by atoms with Gasteiger partial charge in [0.1, 0.15) is 0 Å². The maximum absolute atomic E-state index is 14.2. The zero-order chi connectivity index (χ0) is 14.0. The average molecular weight is 282 g/mol. The summed E-state index contributed by atoms with van der Waals surface area (Å²) < 4.78 is 19.0. The Kier molecular flexibility index (Phi) is 3.66. The minimum Gasteiger partial charge on any atom is -0.494 e. The van der Waals surface area contributed by atoms with Crippen molar-refractivity contribution in [3.05, 3.63) is 47.0 Å². The van der Waals surface area contributed by atoms with Gasteiger partial charge in [0.15, 0.2) is 17.3 Å². The van der Waals surface area contributed by atoms with Gasteiger partial charge in [0, 0.05) is 17.3 Å². The molecule has 98 valence electrons. The number of aromatic carboxylic acids is 1. The topological polar surface area (TPSA) is 59.4 Å². The van der Waals surface area contributed by atoms with E-state index in [2.05, 4.69) is 4.98 Å². The normalized spacial score (nSPS) is 10.3. The van der Waals surface area contributed by atoms with Gasteiger partial charge in [-0.3, -0.25) is 0 Å². The number of carbonyl (C=O) groups is 1. The van der Waals surface area contributed by atoms with E-state index >= 15 is 0 Å². The van der Waals surface area contributed by atoms with E-state index in [0.29, 0.717) is 0 Å². The van der Waals surface area contributed by atoms with Crippen molar-refractivity contribution in [2.24, 2.45) is 0 Å². The Morgan fingerprint density at radius 1 is 1.42 bits per heavy atom. The lowest BCUT2D eigenvalue weighted by Gasteiger charge is -2.10. The number of hydrogen-bond acceptors (Lipinski definition) is 3. The van der Waals surface area contributed by atoms with Crippen LogP contribution in [0.2, 0.25) is 5.02 Å². The van der Waals surface area contributed by atoms with E-state index in [1.807, 2.05) is 0 Å². The van der Waals surface area contributed by atoms with E-state index in [1.54, 1.807) is 6.07 Å². The number of ether oxygens (including phenoxy) is 1. The molecular formula is C13H9ClFNO3. The van der Waals surface area contributed by atoms with Gasteiger partial charge in [-0.1, -0.05) is 23.7 Å². The molecule has 1 aromatic carbocycles. The summed E-state index contributed by atoms with van der Waals surface area (Å²) in [4.78, 5) is 14.9. The third-order valence-corrected chi connectivity index (χ3v) is 2.87. The van der Waals surface area contributed by atoms with E-state index in [0.717, 1.165) is 0 Å². The molecule has 0 spiro atoms. The molecule has 0 fully saturated rings. The monoisotopic (exact) mass is 281 g/mol. The second-order valence-corrected chi connectivity index (χ2v) is 4.05. The first-order chi connectivity index (χ1) is 9.06. The van der Waals surface area contributed by atoms with Crippen molar-refractivity contribution >= 4 is 17.6 Å². The molecule has 0 aliphatic heterocycles. The number of rotatable bonds is 3. The maximum atomic E-state index is 14.2. The zero-order valence-electron chi connectivity index (χ0n) is 9.85. The first-order valence-corrected chi connectivity index (χ1v) is 5.64. The smallest absolute Gasteiger partial charge is 0.355 e. The largest absolute Gasteiger partial charge is 0.494 e. The first-order valence-electron chi connectivity index (χ1n) is 5.27. The van der Waals surface area contributed by atoms with E-state index in [4.69, 9.17) is 21.4 Å². The number of halogens is 2. The highest BCUT2D eigenvalue weighted by Crippen LogP contribution is 2.35. The predicted molar refractivity (Wildman–Crippen MR) is 68.2 cm³/mol. The van der Waals surface area contributed by atoms with Gasteiger partial charge in [-0.2, -0.15) is 0 Å². The van der Waals surface area contributed by atoms with E-state index in [9.17, 15) is 9.18 Å². The third kappa shape index (κ3) is 2.37. The number of pyridine rings is 1. The van der Waals surface area contributed by atoms with Gasteiger partial charge in [-0.25, -0.2) is 14.2 Å². The molecular weight excluding hydrogens is 273 g/mol. The van der Waals surface area contributed by atoms with Crippen LogP contribution in [0, 0.1) is 5.82 Å². The molecule has 2 aromatic rings. The molecule has 0 amide bonds. The van der Waals surface area contributed by atoms with Crippen LogP contribution in [0.1, 0.15) is 10.5 Å². The fraction of sp³-hybridized carbons (Fsp3) is 0.0769. The van der Waals surface area contributed by atoms with Crippen LogP contribution in [-0.2, 0) is 0 Å². The van der Waals surface area contributed by atoms with Crippen LogP contribution in [-0.4, -0.2) is 23.2 Å². The molecule has 0 bridgehead atoms. The van der Waals surface area contributed by atoms with E-state index < -0.39 is 11.8 Å². The summed E-state index contributed by atoms with van der Waals surface area (Å²) in [7, 11) is 1.32. The van der Waals surface area contributed by atoms with Gasteiger partial charge >= 0.3 is 5.97 Å². The highest BCUT2D eigenvalue weighted by Gasteiger charge is 2.21. The molecule has 1 heterocycles. The van der Waals surface area contributed by atoms with Crippen molar-refractivity contribution in [3.8, 4) is 16.9 Å². The van der Waals surface area contributed by atoms with Crippen molar-refractivity contribution in [1.29, 1.82) is 0 Å². The Bertz CT molecular complexity index is 646. The van der Waals surface area contributed by atoms with Gasteiger partial charge in [0.25, 0.3) is 0 Å². The van der Waals surface area contributed by atoms with Crippen LogP contribution in [0.3, 0.4) is 0 Å². The van der Waals surface area contributed by atoms with Gasteiger partial charge < -0.3 is 9.84 Å². The summed E-state index contributed by atoms with van der Waals surface area (Å²) in [6.07, 6.45) is 1.26. The van der Waals surface area contributed by atoms with Crippen LogP contribution in [0.4, 0.5) is 4.39 Å². The zero-order valence-corrected chi connectivity index (χ0v) is 10.6. The predicted octanol–water partition coefficient (Wildman–Crippen LogP) is 3.25. The molecule has 0 unspecified atom stereocenters. The van der Waals surface area contributed by atoms with Crippen LogP contribution in [0.25, 0.3) is 11.1 Å². The fourth-order valence-electron chi connectivity index (χ4n) is 1.72. The molecule has 6 heteroatoms. The molecule has 0 aliphatic carbocycles. The third-order valence-electron chi connectivity index (χ3n) is 2.56. The molecule has 1 aromatic heterocycles. The molecule has 2 rings (SSSR count). The Hall–Kier alpha value is -2.14. The van der Waals surface area contributed by atoms with E-state index in [-0.39, 0.29) is 27.6 Å². The Morgan fingerprint density at radius 2 is 2.16 bits per heavy atom. The highest BCUT2D eigenvalue weighted by atomic mass is 35.5. The number of carboxylic acids is 1. The maximum Gasteiger partial charge on any atom is 0.355 e. The molecule has 4 nitrogen and oxygen atoms in total. The highest BCUT2D eigenvalue weighted by molar-refractivity contribution is 6.34. The SMILES string of the molecule is COc1cccc(-c2c(Cl)ccnc2C(=O)O)c1F. The quantitative estimate of drug-likeness (QED) is 0.938. The Morgan fingerprint density at radius 3 is 2.79 bits per heavy atom. The summed E-state index contributed by atoms with van der Waals surface area (Å²) in [6.45, 7) is 0. The summed E-state index contributed by atoms with van der Waals surface area (Å²) >= 11 is 5.96. The lowest BCUT2D eigenvalue weighted by Crippen LogP contribution is -2.04. The number of carboxylic acid groups (broad SMARTS) is 1. The van der Waals surface area contributed by atoms with Gasteiger partial charge in [-0.15, -0.1) is 0 Å². The molecule has 0 saturated heterocycles. The van der Waals surface area contributed by atoms with Gasteiger partial charge in [-0.05, 0) is 12.1 Å². The van der Waals surface area contributed by atoms with Crippen LogP contribution >= 0.6 is 11.6 Å². The molecule has 0 atom stereocenters. The standard InChI is InChI=1S/C13H9ClFNO3/c1-19-9-4-2-3-7(11(9)15)10-8(14)5-6-16-12(10)13(17)18/h2-6H,1H3,(H,17,18). The summed E-state index contributed by atoms with van der Waals surface area (Å²) in [5.74, 6) is -1.95. The summed E-state index contributed by atoms with van der Waals surface area (Å²) in [5, 5.41) is 9.20. The van der Waals surface area contributed by atoms with Crippen molar-refractivity contribution in [2.75, 3.05) is 7.11 Å². The Labute approximate surface area is 113 Å². The molecule has 1 N–H and O–H groups in total. The minimum absolute atomic E-state index is 0.00811. The average Bonchev–Trinajstić information content (AvgIpc) is 2.39. The second kappa shape index (κ2) is 5.24. The van der Waals surface area contributed by atoms with Gasteiger partial charge in [0.05, 0.1) is 12.1 Å². The number of aromatic nitrogens is 1. The van der Waals surface area contributed by atoms with Gasteiger partial charge in [0.2, 0.25) is 0 Å². The summed E-state index contributed by atoms with van der Waals surface area (Å²) in [6, 6.07) is 5.81.